The molecule has 1 N–H and O–H groups in total. The molecule has 0 aliphatic rings. The van der Waals surface area contributed by atoms with E-state index >= 15 is 0 Å². The van der Waals surface area contributed by atoms with E-state index in [0.717, 1.165) is 23.7 Å². The van der Waals surface area contributed by atoms with Gasteiger partial charge in [0.2, 0.25) is 0 Å². The van der Waals surface area contributed by atoms with Crippen LogP contribution in [-0.4, -0.2) is 22.6 Å². The van der Waals surface area contributed by atoms with Crippen LogP contribution in [0.4, 0.5) is 0 Å². The molecule has 0 radical (unpaired) electrons. The summed E-state index contributed by atoms with van der Waals surface area (Å²) in [6.07, 6.45) is 2.74. The van der Waals surface area contributed by atoms with Crippen molar-refractivity contribution in [2.24, 2.45) is 0 Å². The summed E-state index contributed by atoms with van der Waals surface area (Å²) in [5, 5.41) is 3.12. The first-order valence-corrected chi connectivity index (χ1v) is 6.59. The quantitative estimate of drug-likeness (QED) is 0.844. The third-order valence-corrected chi connectivity index (χ3v) is 2.95. The van der Waals surface area contributed by atoms with Gasteiger partial charge >= 0.3 is 0 Å². The lowest BCUT2D eigenvalue weighted by atomic mass is 10.1. The van der Waals surface area contributed by atoms with Gasteiger partial charge in [0, 0.05) is 12.5 Å². The van der Waals surface area contributed by atoms with Crippen LogP contribution in [0.5, 0.6) is 5.75 Å². The highest BCUT2D eigenvalue weighted by atomic mass is 16.5. The molecular weight excluding hydrogens is 226 g/mol. The highest BCUT2D eigenvalue weighted by Gasteiger charge is 2.20. The maximum atomic E-state index is 6.00. The van der Waals surface area contributed by atoms with Crippen molar-refractivity contribution in [3.63, 3.8) is 0 Å². The Balaban J connectivity index is 3.03. The third kappa shape index (κ3) is 3.95. The molecule has 4 heteroatoms. The summed E-state index contributed by atoms with van der Waals surface area (Å²) in [6, 6.07) is 0. The number of aromatic nitrogens is 2. The van der Waals surface area contributed by atoms with E-state index in [1.807, 2.05) is 7.05 Å². The first-order valence-electron chi connectivity index (χ1n) is 6.59. The third-order valence-electron chi connectivity index (χ3n) is 2.95. The molecule has 0 aliphatic carbocycles. The van der Waals surface area contributed by atoms with Crippen LogP contribution < -0.4 is 10.1 Å². The summed E-state index contributed by atoms with van der Waals surface area (Å²) in [7, 11) is 1.91. The molecule has 1 heterocycles. The molecule has 1 aromatic rings. The van der Waals surface area contributed by atoms with E-state index in [1.165, 1.54) is 0 Å². The molecule has 0 unspecified atom stereocenters. The maximum Gasteiger partial charge on any atom is 0.161 e. The van der Waals surface area contributed by atoms with E-state index in [2.05, 4.69) is 49.9 Å². The molecule has 0 atom stereocenters. The van der Waals surface area contributed by atoms with Crippen LogP contribution in [0.3, 0.4) is 0 Å². The van der Waals surface area contributed by atoms with Crippen LogP contribution >= 0.6 is 0 Å². The maximum absolute atomic E-state index is 6.00. The van der Waals surface area contributed by atoms with Crippen LogP contribution in [0, 0.1) is 0 Å². The standard InChI is InChI=1S/C14H25N3O/c1-7-14(4,5)18-12-9-16-13(10(2)3)17-11(12)8-15-6/h9-10,15H,7-8H2,1-6H3. The SMILES string of the molecule is CCC(C)(C)Oc1cnc(C(C)C)nc1CNC. The molecule has 0 spiro atoms. The van der Waals surface area contributed by atoms with Crippen molar-refractivity contribution in [3.8, 4) is 5.75 Å². The molecule has 1 rings (SSSR count). The fourth-order valence-corrected chi connectivity index (χ4v) is 1.45. The minimum absolute atomic E-state index is 0.189. The highest BCUT2D eigenvalue weighted by molar-refractivity contribution is 5.26. The van der Waals surface area contributed by atoms with Gasteiger partial charge in [-0.2, -0.15) is 0 Å². The average molecular weight is 251 g/mol. The van der Waals surface area contributed by atoms with Gasteiger partial charge in [-0.3, -0.25) is 0 Å². The van der Waals surface area contributed by atoms with Gasteiger partial charge in [0.25, 0.3) is 0 Å². The minimum Gasteiger partial charge on any atom is -0.484 e. The lowest BCUT2D eigenvalue weighted by Gasteiger charge is -2.26. The predicted molar refractivity (Wildman–Crippen MR) is 73.9 cm³/mol. The van der Waals surface area contributed by atoms with Crippen molar-refractivity contribution in [3.05, 3.63) is 17.7 Å². The van der Waals surface area contributed by atoms with Gasteiger partial charge in [-0.05, 0) is 27.3 Å². The number of rotatable bonds is 6. The van der Waals surface area contributed by atoms with Gasteiger partial charge in [-0.15, -0.1) is 0 Å². The molecule has 1 aromatic heterocycles. The summed E-state index contributed by atoms with van der Waals surface area (Å²) >= 11 is 0. The van der Waals surface area contributed by atoms with Gasteiger partial charge in [-0.1, -0.05) is 20.8 Å². The minimum atomic E-state index is -0.189. The van der Waals surface area contributed by atoms with Crippen molar-refractivity contribution >= 4 is 0 Å². The number of hydrogen-bond donors (Lipinski definition) is 1. The van der Waals surface area contributed by atoms with Crippen LogP contribution in [0.15, 0.2) is 6.20 Å². The van der Waals surface area contributed by atoms with E-state index in [9.17, 15) is 0 Å². The Morgan fingerprint density at radius 2 is 2.06 bits per heavy atom. The Hall–Kier alpha value is -1.16. The second-order valence-corrected chi connectivity index (χ2v) is 5.44. The summed E-state index contributed by atoms with van der Waals surface area (Å²) in [6.45, 7) is 11.1. The number of hydrogen-bond acceptors (Lipinski definition) is 4. The van der Waals surface area contributed by atoms with E-state index < -0.39 is 0 Å². The molecule has 102 valence electrons. The topological polar surface area (TPSA) is 47.0 Å². The monoisotopic (exact) mass is 251 g/mol. The van der Waals surface area contributed by atoms with Gasteiger partial charge in [0.05, 0.1) is 11.9 Å². The number of nitrogens with one attached hydrogen (secondary N) is 1. The van der Waals surface area contributed by atoms with Crippen molar-refractivity contribution in [1.82, 2.24) is 15.3 Å². The largest absolute Gasteiger partial charge is 0.484 e. The molecule has 0 amide bonds. The average Bonchev–Trinajstić information content (AvgIpc) is 2.31. The molecule has 0 saturated carbocycles. The fourth-order valence-electron chi connectivity index (χ4n) is 1.45. The van der Waals surface area contributed by atoms with E-state index in [0.29, 0.717) is 12.5 Å². The number of ether oxygens (including phenoxy) is 1. The lowest BCUT2D eigenvalue weighted by molar-refractivity contribution is 0.102. The molecule has 0 aliphatic heterocycles. The second-order valence-electron chi connectivity index (χ2n) is 5.44. The Morgan fingerprint density at radius 1 is 1.39 bits per heavy atom. The van der Waals surface area contributed by atoms with Crippen molar-refractivity contribution in [2.75, 3.05) is 7.05 Å². The zero-order chi connectivity index (χ0) is 13.8. The smallest absolute Gasteiger partial charge is 0.161 e. The summed E-state index contributed by atoms with van der Waals surface area (Å²) in [4.78, 5) is 8.96. The first kappa shape index (κ1) is 14.9. The number of nitrogens with zero attached hydrogens (tertiary/aromatic N) is 2. The van der Waals surface area contributed by atoms with E-state index in [1.54, 1.807) is 6.20 Å². The normalized spacial score (nSPS) is 11.9. The summed E-state index contributed by atoms with van der Waals surface area (Å²) in [5.41, 5.74) is 0.739. The van der Waals surface area contributed by atoms with E-state index in [4.69, 9.17) is 4.74 Å². The van der Waals surface area contributed by atoms with Crippen molar-refractivity contribution in [1.29, 1.82) is 0 Å². The molecule has 4 nitrogen and oxygen atoms in total. The molecule has 0 saturated heterocycles. The second kappa shape index (κ2) is 6.14. The molecule has 0 bridgehead atoms. The Morgan fingerprint density at radius 3 is 2.56 bits per heavy atom. The van der Waals surface area contributed by atoms with Crippen LogP contribution in [0.1, 0.15) is 58.5 Å². The summed E-state index contributed by atoms with van der Waals surface area (Å²) < 4.78 is 6.00. The van der Waals surface area contributed by atoms with Gasteiger partial charge in [0.15, 0.2) is 5.75 Å². The van der Waals surface area contributed by atoms with Crippen LogP contribution in [0.2, 0.25) is 0 Å². The van der Waals surface area contributed by atoms with Crippen molar-refractivity contribution in [2.45, 2.75) is 59.1 Å². The van der Waals surface area contributed by atoms with Gasteiger partial charge in [0.1, 0.15) is 11.4 Å². The van der Waals surface area contributed by atoms with Crippen molar-refractivity contribution < 1.29 is 4.74 Å². The van der Waals surface area contributed by atoms with E-state index in [-0.39, 0.29) is 5.60 Å². The Labute approximate surface area is 110 Å². The Bertz CT molecular complexity index is 389. The predicted octanol–water partition coefficient (Wildman–Crippen LogP) is 2.89. The molecule has 18 heavy (non-hydrogen) atoms. The van der Waals surface area contributed by atoms with Gasteiger partial charge < -0.3 is 10.1 Å². The van der Waals surface area contributed by atoms with Crippen LogP contribution in [0.25, 0.3) is 0 Å². The lowest BCUT2D eigenvalue weighted by Crippen LogP contribution is -2.28. The molecular formula is C14H25N3O. The molecule has 0 fully saturated rings. The zero-order valence-corrected chi connectivity index (χ0v) is 12.4. The van der Waals surface area contributed by atoms with Gasteiger partial charge in [-0.25, -0.2) is 9.97 Å². The first-order chi connectivity index (χ1) is 8.39. The highest BCUT2D eigenvalue weighted by Crippen LogP contribution is 2.24. The summed E-state index contributed by atoms with van der Waals surface area (Å²) in [5.74, 6) is 1.97. The van der Waals surface area contributed by atoms with Crippen LogP contribution in [-0.2, 0) is 6.54 Å². The molecule has 0 aromatic carbocycles. The zero-order valence-electron chi connectivity index (χ0n) is 12.4. The Kier molecular flexibility index (Phi) is 5.08. The fraction of sp³-hybridized carbons (Fsp3) is 0.714.